The molecule has 0 saturated heterocycles. The first-order valence-electron chi connectivity index (χ1n) is 11.3. The number of hydrogen-bond acceptors (Lipinski definition) is 4. The highest BCUT2D eigenvalue weighted by atomic mass is 16.3. The first-order valence-corrected chi connectivity index (χ1v) is 11.3. The quantitative estimate of drug-likeness (QED) is 0.716. The molecule has 0 radical (unpaired) electrons. The molecule has 3 rings (SSSR count). The van der Waals surface area contributed by atoms with Crippen molar-refractivity contribution in [2.24, 2.45) is 0 Å². The first kappa shape index (κ1) is 22.8. The lowest BCUT2D eigenvalue weighted by molar-refractivity contribution is 0.0928. The van der Waals surface area contributed by atoms with Crippen LogP contribution in [0.5, 0.6) is 0 Å². The number of carbonyl (C=O) groups excluding carboxylic acids is 2. The Bertz CT molecular complexity index is 938. The van der Waals surface area contributed by atoms with Gasteiger partial charge in [-0.1, -0.05) is 32.1 Å². The van der Waals surface area contributed by atoms with Crippen LogP contribution in [0.4, 0.5) is 0 Å². The summed E-state index contributed by atoms with van der Waals surface area (Å²) < 4.78 is 7.06. The zero-order chi connectivity index (χ0) is 22.4. The molecular formula is C24H33N3O4. The highest BCUT2D eigenvalue weighted by Gasteiger charge is 2.23. The monoisotopic (exact) mass is 427 g/mol. The van der Waals surface area contributed by atoms with Gasteiger partial charge in [0.1, 0.15) is 16.9 Å². The highest BCUT2D eigenvalue weighted by molar-refractivity contribution is 5.99. The molecule has 1 atom stereocenters. The third-order valence-corrected chi connectivity index (χ3v) is 5.89. The highest BCUT2D eigenvalue weighted by Crippen LogP contribution is 2.18. The molecular weight excluding hydrogens is 394 g/mol. The van der Waals surface area contributed by atoms with Crippen LogP contribution >= 0.6 is 0 Å². The molecule has 2 aromatic heterocycles. The molecule has 0 aromatic carbocycles. The molecule has 0 aliphatic heterocycles. The Morgan fingerprint density at radius 1 is 1.00 bits per heavy atom. The molecule has 0 bridgehead atoms. The van der Waals surface area contributed by atoms with E-state index in [0.29, 0.717) is 5.76 Å². The molecule has 168 valence electrons. The fourth-order valence-electron chi connectivity index (χ4n) is 3.97. The van der Waals surface area contributed by atoms with Gasteiger partial charge in [-0.3, -0.25) is 14.4 Å². The summed E-state index contributed by atoms with van der Waals surface area (Å²) in [7, 11) is 0. The van der Waals surface area contributed by atoms with Gasteiger partial charge in [-0.2, -0.15) is 0 Å². The Morgan fingerprint density at radius 3 is 2.19 bits per heavy atom. The van der Waals surface area contributed by atoms with Crippen molar-refractivity contribution >= 4 is 11.8 Å². The SMILES string of the molecule is CC(C)n1cc(C(=O)NC2CCCCCCC2)c(=O)c(C(=O)N[C@@H](C)c2ccco2)c1. The van der Waals surface area contributed by atoms with E-state index in [0.717, 1.165) is 25.7 Å². The summed E-state index contributed by atoms with van der Waals surface area (Å²) in [5.41, 5.74) is -0.587. The van der Waals surface area contributed by atoms with Gasteiger partial charge in [0.05, 0.1) is 12.3 Å². The van der Waals surface area contributed by atoms with Crippen molar-refractivity contribution in [3.8, 4) is 0 Å². The molecule has 7 heteroatoms. The van der Waals surface area contributed by atoms with Crippen molar-refractivity contribution in [3.63, 3.8) is 0 Å². The van der Waals surface area contributed by atoms with Gasteiger partial charge in [0.15, 0.2) is 0 Å². The third kappa shape index (κ3) is 5.87. The summed E-state index contributed by atoms with van der Waals surface area (Å²) in [4.78, 5) is 39.0. The van der Waals surface area contributed by atoms with E-state index in [9.17, 15) is 14.4 Å². The molecule has 2 heterocycles. The van der Waals surface area contributed by atoms with Crippen LogP contribution in [-0.2, 0) is 0 Å². The van der Waals surface area contributed by atoms with Crippen LogP contribution in [0.15, 0.2) is 40.0 Å². The van der Waals surface area contributed by atoms with Crippen LogP contribution in [0.3, 0.4) is 0 Å². The third-order valence-electron chi connectivity index (χ3n) is 5.89. The number of furan rings is 1. The second-order valence-electron chi connectivity index (χ2n) is 8.68. The average Bonchev–Trinajstić information content (AvgIpc) is 3.24. The van der Waals surface area contributed by atoms with Crippen LogP contribution < -0.4 is 16.1 Å². The predicted molar refractivity (Wildman–Crippen MR) is 119 cm³/mol. The maximum atomic E-state index is 13.1. The van der Waals surface area contributed by atoms with Gasteiger partial charge < -0.3 is 19.6 Å². The number of aromatic nitrogens is 1. The van der Waals surface area contributed by atoms with E-state index in [4.69, 9.17) is 4.42 Å². The second kappa shape index (κ2) is 10.5. The minimum atomic E-state index is -0.551. The van der Waals surface area contributed by atoms with Gasteiger partial charge in [0, 0.05) is 24.5 Å². The molecule has 0 spiro atoms. The van der Waals surface area contributed by atoms with Crippen molar-refractivity contribution < 1.29 is 14.0 Å². The number of amides is 2. The van der Waals surface area contributed by atoms with Gasteiger partial charge in [0.25, 0.3) is 11.8 Å². The molecule has 1 fully saturated rings. The zero-order valence-corrected chi connectivity index (χ0v) is 18.6. The molecule has 31 heavy (non-hydrogen) atoms. The lowest BCUT2D eigenvalue weighted by atomic mass is 9.96. The lowest BCUT2D eigenvalue weighted by Gasteiger charge is -2.22. The molecule has 7 nitrogen and oxygen atoms in total. The van der Waals surface area contributed by atoms with E-state index in [1.165, 1.54) is 31.7 Å². The molecule has 2 aromatic rings. The smallest absolute Gasteiger partial charge is 0.257 e. The standard InChI is InChI=1S/C24H33N3O4/c1-16(2)27-14-19(23(29)25-17(3)21-12-9-13-31-21)22(28)20(15-27)24(30)26-18-10-7-5-4-6-8-11-18/h9,12-18H,4-8,10-11H2,1-3H3,(H,25,29)(H,26,30)/t17-/m0/s1. The van der Waals surface area contributed by atoms with Gasteiger partial charge >= 0.3 is 0 Å². The normalized spacial score (nSPS) is 16.4. The van der Waals surface area contributed by atoms with Crippen LogP contribution in [0.1, 0.15) is 104 Å². The number of hydrogen-bond donors (Lipinski definition) is 2. The number of nitrogens with zero attached hydrogens (tertiary/aromatic N) is 1. The summed E-state index contributed by atoms with van der Waals surface area (Å²) in [6, 6.07) is 3.15. The second-order valence-corrected chi connectivity index (χ2v) is 8.68. The maximum absolute atomic E-state index is 13.1. The summed E-state index contributed by atoms with van der Waals surface area (Å²) in [5.74, 6) is -0.335. The molecule has 2 amide bonds. The van der Waals surface area contributed by atoms with Crippen molar-refractivity contribution in [1.82, 2.24) is 15.2 Å². The maximum Gasteiger partial charge on any atom is 0.257 e. The van der Waals surface area contributed by atoms with Gasteiger partial charge in [-0.25, -0.2) is 0 Å². The van der Waals surface area contributed by atoms with Crippen molar-refractivity contribution in [3.05, 3.63) is 57.9 Å². The molecule has 1 aliphatic rings. The molecule has 0 unspecified atom stereocenters. The van der Waals surface area contributed by atoms with Crippen molar-refractivity contribution in [2.75, 3.05) is 0 Å². The van der Waals surface area contributed by atoms with Crippen LogP contribution in [0.2, 0.25) is 0 Å². The van der Waals surface area contributed by atoms with Crippen LogP contribution in [0, 0.1) is 0 Å². The van der Waals surface area contributed by atoms with E-state index in [1.807, 2.05) is 13.8 Å². The first-order chi connectivity index (χ1) is 14.9. The minimum Gasteiger partial charge on any atom is -0.467 e. The average molecular weight is 428 g/mol. The summed E-state index contributed by atoms with van der Waals surface area (Å²) >= 11 is 0. The van der Waals surface area contributed by atoms with Crippen LogP contribution in [0.25, 0.3) is 0 Å². The number of pyridine rings is 1. The van der Waals surface area contributed by atoms with Crippen LogP contribution in [-0.4, -0.2) is 22.4 Å². The summed E-state index contributed by atoms with van der Waals surface area (Å²) in [5, 5.41) is 5.83. The van der Waals surface area contributed by atoms with E-state index >= 15 is 0 Å². The molecule has 1 aliphatic carbocycles. The fourth-order valence-corrected chi connectivity index (χ4v) is 3.97. The Kier molecular flexibility index (Phi) is 7.71. The lowest BCUT2D eigenvalue weighted by Crippen LogP contribution is -2.40. The number of rotatable bonds is 6. The Hall–Kier alpha value is -2.83. The van der Waals surface area contributed by atoms with Crippen molar-refractivity contribution in [1.29, 1.82) is 0 Å². The van der Waals surface area contributed by atoms with Gasteiger partial charge in [0.2, 0.25) is 5.43 Å². The molecule has 2 N–H and O–H groups in total. The Balaban J connectivity index is 1.84. The topological polar surface area (TPSA) is 93.3 Å². The van der Waals surface area contributed by atoms with Crippen molar-refractivity contribution in [2.45, 2.75) is 83.8 Å². The summed E-state index contributed by atoms with van der Waals surface area (Å²) in [6.45, 7) is 5.66. The van der Waals surface area contributed by atoms with Gasteiger partial charge in [-0.05, 0) is 45.7 Å². The predicted octanol–water partition coefficient (Wildman–Crippen LogP) is 4.36. The van der Waals surface area contributed by atoms with Gasteiger partial charge in [-0.15, -0.1) is 0 Å². The Labute approximate surface area is 183 Å². The molecule has 1 saturated carbocycles. The van der Waals surface area contributed by atoms with E-state index in [2.05, 4.69) is 10.6 Å². The van der Waals surface area contributed by atoms with E-state index in [-0.39, 0.29) is 23.2 Å². The Morgan fingerprint density at radius 2 is 1.61 bits per heavy atom. The number of nitrogens with one attached hydrogen (secondary N) is 2. The number of carbonyl (C=O) groups is 2. The fraction of sp³-hybridized carbons (Fsp3) is 0.542. The zero-order valence-electron chi connectivity index (χ0n) is 18.6. The minimum absolute atomic E-state index is 0.00839. The van der Waals surface area contributed by atoms with E-state index in [1.54, 1.807) is 29.8 Å². The largest absolute Gasteiger partial charge is 0.467 e. The summed E-state index contributed by atoms with van der Waals surface area (Å²) in [6.07, 6.45) is 12.2. The van der Waals surface area contributed by atoms with E-state index < -0.39 is 23.3 Å².